The zero-order valence-electron chi connectivity index (χ0n) is 18.4. The summed E-state index contributed by atoms with van der Waals surface area (Å²) in [5.41, 5.74) is 3.52. The number of hydrogen-bond acceptors (Lipinski definition) is 5. The molecule has 1 heterocycles. The van der Waals surface area contributed by atoms with Crippen LogP contribution in [0.3, 0.4) is 0 Å². The van der Waals surface area contributed by atoms with E-state index in [1.807, 2.05) is 37.3 Å². The van der Waals surface area contributed by atoms with Crippen molar-refractivity contribution >= 4 is 29.3 Å². The SMILES string of the molecule is C=CCc1cc(/C=C2/C(=O)N(C)C(=S)N2C)cc(OCC)c1OCc1ccccc1C#N. The zero-order chi connectivity index (χ0) is 23.3. The van der Waals surface area contributed by atoms with E-state index in [-0.39, 0.29) is 12.5 Å². The van der Waals surface area contributed by atoms with Gasteiger partial charge in [0.15, 0.2) is 16.6 Å². The average Bonchev–Trinajstić information content (AvgIpc) is 2.97. The molecule has 0 unspecified atom stereocenters. The molecule has 32 heavy (non-hydrogen) atoms. The molecule has 2 aromatic rings. The largest absolute Gasteiger partial charge is 0.490 e. The lowest BCUT2D eigenvalue weighted by Gasteiger charge is -2.18. The van der Waals surface area contributed by atoms with E-state index < -0.39 is 0 Å². The Morgan fingerprint density at radius 1 is 1.16 bits per heavy atom. The van der Waals surface area contributed by atoms with Crippen LogP contribution in [0.5, 0.6) is 11.5 Å². The number of hydrogen-bond donors (Lipinski definition) is 0. The molecule has 2 aromatic carbocycles. The van der Waals surface area contributed by atoms with E-state index >= 15 is 0 Å². The van der Waals surface area contributed by atoms with Gasteiger partial charge in [-0.2, -0.15) is 5.26 Å². The van der Waals surface area contributed by atoms with E-state index in [0.717, 1.165) is 16.7 Å². The molecule has 6 nitrogen and oxygen atoms in total. The molecule has 1 fully saturated rings. The minimum atomic E-state index is -0.158. The average molecular weight is 448 g/mol. The Kier molecular flexibility index (Phi) is 7.29. The zero-order valence-corrected chi connectivity index (χ0v) is 19.2. The summed E-state index contributed by atoms with van der Waals surface area (Å²) in [5.74, 6) is 1.01. The van der Waals surface area contributed by atoms with Crippen molar-refractivity contribution in [2.24, 2.45) is 0 Å². The number of benzene rings is 2. The van der Waals surface area contributed by atoms with Crippen LogP contribution in [0.2, 0.25) is 0 Å². The van der Waals surface area contributed by atoms with Crippen LogP contribution in [0.25, 0.3) is 6.08 Å². The fourth-order valence-electron chi connectivity index (χ4n) is 3.45. The van der Waals surface area contributed by atoms with Gasteiger partial charge in [-0.25, -0.2) is 0 Å². The quantitative estimate of drug-likeness (QED) is 0.342. The minimum absolute atomic E-state index is 0.158. The molecule has 1 saturated heterocycles. The van der Waals surface area contributed by atoms with E-state index in [1.165, 1.54) is 4.90 Å². The lowest BCUT2D eigenvalue weighted by atomic mass is 10.0. The number of carbonyl (C=O) groups excluding carboxylic acids is 1. The van der Waals surface area contributed by atoms with Crippen LogP contribution >= 0.6 is 12.2 Å². The van der Waals surface area contributed by atoms with E-state index in [0.29, 0.717) is 40.9 Å². The number of rotatable bonds is 8. The lowest BCUT2D eigenvalue weighted by molar-refractivity contribution is -0.121. The van der Waals surface area contributed by atoms with E-state index in [9.17, 15) is 10.1 Å². The Morgan fingerprint density at radius 2 is 1.91 bits per heavy atom. The molecule has 0 bridgehead atoms. The number of allylic oxidation sites excluding steroid dienone is 1. The van der Waals surface area contributed by atoms with Crippen molar-refractivity contribution in [1.82, 2.24) is 9.80 Å². The van der Waals surface area contributed by atoms with Crippen LogP contribution < -0.4 is 9.47 Å². The highest BCUT2D eigenvalue weighted by atomic mass is 32.1. The molecule has 0 spiro atoms. The van der Waals surface area contributed by atoms with Crippen molar-refractivity contribution in [3.63, 3.8) is 0 Å². The number of thiocarbonyl (C=S) groups is 1. The molecule has 1 aliphatic rings. The summed E-state index contributed by atoms with van der Waals surface area (Å²) in [6, 6.07) is 13.3. The van der Waals surface area contributed by atoms with Crippen LogP contribution in [0.1, 0.15) is 29.2 Å². The van der Waals surface area contributed by atoms with Gasteiger partial charge in [0, 0.05) is 25.2 Å². The van der Waals surface area contributed by atoms with Crippen LogP contribution in [0.15, 0.2) is 54.8 Å². The van der Waals surface area contributed by atoms with Crippen molar-refractivity contribution < 1.29 is 14.3 Å². The summed E-state index contributed by atoms with van der Waals surface area (Å²) in [6.07, 6.45) is 4.13. The van der Waals surface area contributed by atoms with Gasteiger partial charge in [-0.15, -0.1) is 6.58 Å². The second-order valence-electron chi connectivity index (χ2n) is 7.23. The van der Waals surface area contributed by atoms with Crippen LogP contribution in [-0.2, 0) is 17.8 Å². The summed E-state index contributed by atoms with van der Waals surface area (Å²) >= 11 is 5.30. The van der Waals surface area contributed by atoms with Crippen molar-refractivity contribution in [2.75, 3.05) is 20.7 Å². The standard InChI is InChI=1S/C25H25N3O3S/c1-5-9-18-12-17(13-21-24(29)28(4)25(32)27(21)3)14-22(30-6-2)23(18)31-16-20-11-8-7-10-19(20)15-26/h5,7-8,10-14H,1,6,9,16H2,2-4H3/b21-13-. The van der Waals surface area contributed by atoms with Crippen molar-refractivity contribution in [1.29, 1.82) is 5.26 Å². The van der Waals surface area contributed by atoms with Gasteiger partial charge in [0.05, 0.1) is 18.2 Å². The number of nitrogens with zero attached hydrogens (tertiary/aromatic N) is 3. The minimum Gasteiger partial charge on any atom is -0.490 e. The molecule has 164 valence electrons. The molecule has 0 N–H and O–H groups in total. The molecular formula is C25H25N3O3S. The Labute approximate surface area is 194 Å². The normalized spacial score (nSPS) is 14.6. The second-order valence-corrected chi connectivity index (χ2v) is 7.59. The smallest absolute Gasteiger partial charge is 0.276 e. The maximum Gasteiger partial charge on any atom is 0.276 e. The van der Waals surface area contributed by atoms with Gasteiger partial charge in [0.25, 0.3) is 5.91 Å². The lowest BCUT2D eigenvalue weighted by Crippen LogP contribution is -2.26. The molecule has 7 heteroatoms. The predicted molar refractivity (Wildman–Crippen MR) is 128 cm³/mol. The van der Waals surface area contributed by atoms with E-state index in [2.05, 4.69) is 12.6 Å². The van der Waals surface area contributed by atoms with Crippen LogP contribution in [0.4, 0.5) is 0 Å². The first-order valence-electron chi connectivity index (χ1n) is 10.2. The van der Waals surface area contributed by atoms with Crippen molar-refractivity contribution in [3.05, 3.63) is 77.0 Å². The molecule has 0 aliphatic carbocycles. The summed E-state index contributed by atoms with van der Waals surface area (Å²) in [4.78, 5) is 15.7. The molecular weight excluding hydrogens is 422 g/mol. The number of likely N-dealkylation sites (N-methyl/N-ethyl adjacent to an activating group) is 2. The van der Waals surface area contributed by atoms with Gasteiger partial charge in [-0.1, -0.05) is 24.3 Å². The first-order chi connectivity index (χ1) is 15.4. The molecule has 0 atom stereocenters. The highest BCUT2D eigenvalue weighted by molar-refractivity contribution is 7.80. The molecule has 3 rings (SSSR count). The number of ether oxygens (including phenoxy) is 2. The van der Waals surface area contributed by atoms with Crippen LogP contribution in [-0.4, -0.2) is 41.5 Å². The summed E-state index contributed by atoms with van der Waals surface area (Å²) in [6.45, 7) is 6.43. The maximum atomic E-state index is 12.6. The Bertz CT molecular complexity index is 1130. The maximum absolute atomic E-state index is 12.6. The number of amides is 1. The van der Waals surface area contributed by atoms with Gasteiger partial charge in [-0.05, 0) is 55.4 Å². The van der Waals surface area contributed by atoms with Crippen LogP contribution in [0, 0.1) is 11.3 Å². The monoisotopic (exact) mass is 447 g/mol. The summed E-state index contributed by atoms with van der Waals surface area (Å²) in [5, 5.41) is 9.80. The molecule has 0 saturated carbocycles. The summed E-state index contributed by atoms with van der Waals surface area (Å²) in [7, 11) is 3.43. The fraction of sp³-hybridized carbons (Fsp3) is 0.240. The third kappa shape index (κ3) is 4.66. The Hall–Kier alpha value is -3.63. The Morgan fingerprint density at radius 3 is 2.53 bits per heavy atom. The van der Waals surface area contributed by atoms with Gasteiger partial charge in [0.2, 0.25) is 0 Å². The summed E-state index contributed by atoms with van der Waals surface area (Å²) < 4.78 is 12.0. The topological polar surface area (TPSA) is 65.8 Å². The molecule has 0 radical (unpaired) electrons. The van der Waals surface area contributed by atoms with Gasteiger partial charge >= 0.3 is 0 Å². The van der Waals surface area contributed by atoms with Gasteiger partial charge < -0.3 is 14.4 Å². The fourth-order valence-corrected chi connectivity index (χ4v) is 3.63. The first kappa shape index (κ1) is 23.0. The number of carbonyl (C=O) groups is 1. The number of nitriles is 1. The highest BCUT2D eigenvalue weighted by Gasteiger charge is 2.32. The second kappa shape index (κ2) is 10.1. The van der Waals surface area contributed by atoms with E-state index in [1.54, 1.807) is 37.2 Å². The Balaban J connectivity index is 2.02. The predicted octanol–water partition coefficient (Wildman–Crippen LogP) is 4.29. The highest BCUT2D eigenvalue weighted by Crippen LogP contribution is 2.36. The van der Waals surface area contributed by atoms with E-state index in [4.69, 9.17) is 21.7 Å². The molecule has 0 aromatic heterocycles. The molecule has 1 aliphatic heterocycles. The third-order valence-electron chi connectivity index (χ3n) is 5.09. The molecule has 1 amide bonds. The van der Waals surface area contributed by atoms with Crippen molar-refractivity contribution in [3.8, 4) is 17.6 Å². The van der Waals surface area contributed by atoms with Crippen molar-refractivity contribution in [2.45, 2.75) is 20.0 Å². The van der Waals surface area contributed by atoms with Gasteiger partial charge in [0.1, 0.15) is 12.3 Å². The third-order valence-corrected chi connectivity index (χ3v) is 5.64. The first-order valence-corrected chi connectivity index (χ1v) is 10.6. The van der Waals surface area contributed by atoms with Gasteiger partial charge in [-0.3, -0.25) is 9.69 Å².